The summed E-state index contributed by atoms with van der Waals surface area (Å²) in [6.07, 6.45) is 0.540. The van der Waals surface area contributed by atoms with Gasteiger partial charge in [0.25, 0.3) is 10.0 Å². The Morgan fingerprint density at radius 3 is 2.56 bits per heavy atom. The third-order valence-corrected chi connectivity index (χ3v) is 6.27. The second kappa shape index (κ2) is 6.09. The van der Waals surface area contributed by atoms with E-state index in [0.717, 1.165) is 15.6 Å². The van der Waals surface area contributed by atoms with Crippen LogP contribution in [0.25, 0.3) is 0 Å². The highest BCUT2D eigenvalue weighted by molar-refractivity contribution is 9.11. The lowest BCUT2D eigenvalue weighted by atomic mass is 10.5. The van der Waals surface area contributed by atoms with Crippen molar-refractivity contribution in [1.29, 1.82) is 0 Å². The molecule has 18 heavy (non-hydrogen) atoms. The third kappa shape index (κ3) is 3.50. The molecular formula is C9H13BrN2O4S2. The van der Waals surface area contributed by atoms with Gasteiger partial charge in [0.15, 0.2) is 0 Å². The maximum Gasteiger partial charge on any atom is 0.318 e. The van der Waals surface area contributed by atoms with Crippen LogP contribution in [0.15, 0.2) is 8.13 Å². The number of aryl methyl sites for hydroxylation is 1. The summed E-state index contributed by atoms with van der Waals surface area (Å²) < 4.78 is 25.9. The lowest BCUT2D eigenvalue weighted by Crippen LogP contribution is -2.36. The highest BCUT2D eigenvalue weighted by Gasteiger charge is 2.29. The van der Waals surface area contributed by atoms with Crippen LogP contribution in [0.5, 0.6) is 0 Å². The van der Waals surface area contributed by atoms with Gasteiger partial charge in [0.2, 0.25) is 4.34 Å². The molecule has 1 rings (SSSR count). The summed E-state index contributed by atoms with van der Waals surface area (Å²) in [6.45, 7) is 3.08. The molecule has 0 aromatic carbocycles. The van der Waals surface area contributed by atoms with Crippen molar-refractivity contribution in [2.24, 2.45) is 0 Å². The molecule has 0 radical (unpaired) electrons. The molecule has 0 unspecified atom stereocenters. The zero-order valence-corrected chi connectivity index (χ0v) is 13.1. The number of thiazole rings is 1. The number of carboxylic acid groups (broad SMARTS) is 1. The van der Waals surface area contributed by atoms with Crippen molar-refractivity contribution in [2.75, 3.05) is 13.1 Å². The number of rotatable bonds is 6. The molecule has 0 bridgehead atoms. The fraction of sp³-hybridized carbons (Fsp3) is 0.556. The minimum Gasteiger partial charge on any atom is -0.480 e. The van der Waals surface area contributed by atoms with Crippen LogP contribution < -0.4 is 0 Å². The van der Waals surface area contributed by atoms with Crippen LogP contribution in [0.4, 0.5) is 0 Å². The molecule has 1 N–H and O–H groups in total. The monoisotopic (exact) mass is 356 g/mol. The quantitative estimate of drug-likeness (QED) is 0.837. The Morgan fingerprint density at radius 2 is 2.17 bits per heavy atom. The van der Waals surface area contributed by atoms with Gasteiger partial charge in [0.05, 0.1) is 9.48 Å². The molecule has 0 amide bonds. The van der Waals surface area contributed by atoms with Crippen LogP contribution >= 0.6 is 27.3 Å². The maximum absolute atomic E-state index is 12.2. The van der Waals surface area contributed by atoms with Crippen LogP contribution in [0, 0.1) is 6.92 Å². The third-order valence-electron chi connectivity index (χ3n) is 2.07. The highest BCUT2D eigenvalue weighted by atomic mass is 79.9. The van der Waals surface area contributed by atoms with E-state index in [0.29, 0.717) is 15.9 Å². The molecule has 0 aliphatic heterocycles. The Balaban J connectivity index is 3.12. The second-order valence-electron chi connectivity index (χ2n) is 3.57. The second-order valence-corrected chi connectivity index (χ2v) is 8.00. The average molecular weight is 357 g/mol. The summed E-state index contributed by atoms with van der Waals surface area (Å²) in [5.41, 5.74) is 0.574. The van der Waals surface area contributed by atoms with Gasteiger partial charge < -0.3 is 5.11 Å². The van der Waals surface area contributed by atoms with Crippen LogP contribution in [0.2, 0.25) is 0 Å². The fourth-order valence-electron chi connectivity index (χ4n) is 1.26. The number of sulfonamides is 1. The molecular weight excluding hydrogens is 344 g/mol. The topological polar surface area (TPSA) is 87.6 Å². The van der Waals surface area contributed by atoms with E-state index in [-0.39, 0.29) is 10.9 Å². The number of hydrogen-bond donors (Lipinski definition) is 1. The number of aliphatic carboxylic acids is 1. The predicted octanol–water partition coefficient (Wildman–Crippen LogP) is 1.70. The average Bonchev–Trinajstić information content (AvgIpc) is 2.59. The van der Waals surface area contributed by atoms with E-state index in [1.807, 2.05) is 0 Å². The van der Waals surface area contributed by atoms with Gasteiger partial charge in [-0.1, -0.05) is 18.3 Å². The number of hydrogen-bond acceptors (Lipinski definition) is 5. The molecule has 0 fully saturated rings. The first-order chi connectivity index (χ1) is 8.28. The first-order valence-electron chi connectivity index (χ1n) is 5.14. The minimum absolute atomic E-state index is 0.0819. The Morgan fingerprint density at radius 1 is 1.56 bits per heavy atom. The van der Waals surface area contributed by atoms with Crippen molar-refractivity contribution in [2.45, 2.75) is 24.6 Å². The Labute approximate surface area is 118 Å². The summed E-state index contributed by atoms with van der Waals surface area (Å²) in [5, 5.41) is 8.75. The van der Waals surface area contributed by atoms with Crippen molar-refractivity contribution in [3.8, 4) is 0 Å². The normalized spacial score (nSPS) is 12.0. The Kier molecular flexibility index (Phi) is 5.26. The largest absolute Gasteiger partial charge is 0.480 e. The van der Waals surface area contributed by atoms with Gasteiger partial charge in [-0.05, 0) is 29.3 Å². The van der Waals surface area contributed by atoms with Crippen molar-refractivity contribution < 1.29 is 18.3 Å². The van der Waals surface area contributed by atoms with Crippen molar-refractivity contribution >= 4 is 43.3 Å². The van der Waals surface area contributed by atoms with Gasteiger partial charge in [-0.25, -0.2) is 13.4 Å². The zero-order chi connectivity index (χ0) is 13.9. The number of halogens is 1. The molecule has 0 aliphatic carbocycles. The Hall–Kier alpha value is -0.510. The van der Waals surface area contributed by atoms with Gasteiger partial charge in [-0.15, -0.1) is 0 Å². The molecule has 0 saturated heterocycles. The van der Waals surface area contributed by atoms with Crippen LogP contribution in [0.3, 0.4) is 0 Å². The molecule has 6 nitrogen and oxygen atoms in total. The molecule has 1 aromatic rings. The van der Waals surface area contributed by atoms with Gasteiger partial charge in [0, 0.05) is 6.54 Å². The molecule has 0 saturated carbocycles. The van der Waals surface area contributed by atoms with E-state index in [1.165, 1.54) is 0 Å². The van der Waals surface area contributed by atoms with Crippen LogP contribution in [-0.2, 0) is 14.8 Å². The van der Waals surface area contributed by atoms with Gasteiger partial charge in [0.1, 0.15) is 6.54 Å². The van der Waals surface area contributed by atoms with Crippen molar-refractivity contribution in [1.82, 2.24) is 9.29 Å². The first kappa shape index (κ1) is 15.5. The minimum atomic E-state index is -3.83. The fourth-order valence-corrected chi connectivity index (χ4v) is 4.82. The number of carboxylic acids is 1. The molecule has 9 heteroatoms. The first-order valence-corrected chi connectivity index (χ1v) is 8.18. The maximum atomic E-state index is 12.2. The van der Waals surface area contributed by atoms with Gasteiger partial charge in [-0.3, -0.25) is 4.79 Å². The molecule has 102 valence electrons. The van der Waals surface area contributed by atoms with Gasteiger partial charge >= 0.3 is 5.97 Å². The number of nitrogens with zero attached hydrogens (tertiary/aromatic N) is 2. The summed E-state index contributed by atoms with van der Waals surface area (Å²) >= 11 is 4.19. The number of aromatic nitrogens is 1. The van der Waals surface area contributed by atoms with Gasteiger partial charge in [-0.2, -0.15) is 4.31 Å². The van der Waals surface area contributed by atoms with E-state index < -0.39 is 22.5 Å². The molecule has 0 spiro atoms. The van der Waals surface area contributed by atoms with Crippen LogP contribution in [-0.4, -0.2) is 41.9 Å². The van der Waals surface area contributed by atoms with Crippen molar-refractivity contribution in [3.05, 3.63) is 9.48 Å². The standard InChI is InChI=1S/C9H13BrN2O4S2/c1-3-4-12(5-7(13)14)18(15,16)9-11-6(2)8(10)17-9/h3-5H2,1-2H3,(H,13,14). The SMILES string of the molecule is CCCN(CC(=O)O)S(=O)(=O)c1nc(C)c(Br)s1. The van der Waals surface area contributed by atoms with Crippen molar-refractivity contribution in [3.63, 3.8) is 0 Å². The van der Waals surface area contributed by atoms with E-state index in [2.05, 4.69) is 20.9 Å². The summed E-state index contributed by atoms with van der Waals surface area (Å²) in [4.78, 5) is 14.6. The molecule has 1 aromatic heterocycles. The van der Waals surface area contributed by atoms with E-state index in [4.69, 9.17) is 5.11 Å². The Bertz CT molecular complexity index is 521. The summed E-state index contributed by atoms with van der Waals surface area (Å²) in [5.74, 6) is -1.18. The van der Waals surface area contributed by atoms with Crippen LogP contribution in [0.1, 0.15) is 19.0 Å². The molecule has 0 atom stereocenters. The smallest absolute Gasteiger partial charge is 0.318 e. The summed E-state index contributed by atoms with van der Waals surface area (Å²) in [7, 11) is -3.83. The highest BCUT2D eigenvalue weighted by Crippen LogP contribution is 2.29. The lowest BCUT2D eigenvalue weighted by Gasteiger charge is -2.17. The summed E-state index contributed by atoms with van der Waals surface area (Å²) in [6, 6.07) is 0. The number of carbonyl (C=O) groups is 1. The zero-order valence-electron chi connectivity index (χ0n) is 9.88. The predicted molar refractivity (Wildman–Crippen MR) is 71.2 cm³/mol. The lowest BCUT2D eigenvalue weighted by molar-refractivity contribution is -0.137. The van der Waals surface area contributed by atoms with E-state index in [9.17, 15) is 13.2 Å². The van der Waals surface area contributed by atoms with E-state index >= 15 is 0 Å². The molecule has 0 aliphatic rings. The molecule has 1 heterocycles. The van der Waals surface area contributed by atoms with E-state index in [1.54, 1.807) is 13.8 Å².